The fraction of sp³-hybridized carbons (Fsp3) is 0.0526. The van der Waals surface area contributed by atoms with Crippen LogP contribution in [-0.2, 0) is 4.79 Å². The lowest BCUT2D eigenvalue weighted by molar-refractivity contribution is -0.114. The van der Waals surface area contributed by atoms with Gasteiger partial charge in [0.2, 0.25) is 5.91 Å². The number of aromatic nitrogens is 1. The molecule has 0 unspecified atom stereocenters. The molecule has 10 heteroatoms. The van der Waals surface area contributed by atoms with Gasteiger partial charge in [0.1, 0.15) is 18.0 Å². The highest BCUT2D eigenvalue weighted by molar-refractivity contribution is 7.18. The van der Waals surface area contributed by atoms with E-state index in [1.54, 1.807) is 30.5 Å². The summed E-state index contributed by atoms with van der Waals surface area (Å²) in [6.07, 6.45) is 2.47. The minimum Gasteiger partial charge on any atom is -0.382 e. The summed E-state index contributed by atoms with van der Waals surface area (Å²) in [5.41, 5.74) is 13.7. The highest BCUT2D eigenvalue weighted by Gasteiger charge is 2.18. The minimum absolute atomic E-state index is 0.134. The van der Waals surface area contributed by atoms with Crippen molar-refractivity contribution in [2.24, 2.45) is 16.5 Å². The van der Waals surface area contributed by atoms with Crippen molar-refractivity contribution in [1.29, 1.82) is 5.41 Å². The van der Waals surface area contributed by atoms with Crippen LogP contribution in [-0.4, -0.2) is 29.6 Å². The first kappa shape index (κ1) is 20.9. The molecule has 0 aliphatic carbocycles. The summed E-state index contributed by atoms with van der Waals surface area (Å²) >= 11 is 13.8. The van der Waals surface area contributed by atoms with Gasteiger partial charge in [0.05, 0.1) is 11.4 Å². The first-order chi connectivity index (χ1) is 13.9. The first-order valence-corrected chi connectivity index (χ1v) is 9.88. The first-order valence-electron chi connectivity index (χ1n) is 8.31. The molecule has 0 spiro atoms. The maximum atomic E-state index is 11.5. The number of hydrogen-bond donors (Lipinski definition) is 4. The van der Waals surface area contributed by atoms with Crippen LogP contribution in [0.25, 0.3) is 21.6 Å². The SMILES string of the molecule is N=CN=C(N)c1sc(-c2ccnc(NC(=O)CN)c2)cc1-c1ccc(Cl)cc1Cl. The number of rotatable bonds is 6. The van der Waals surface area contributed by atoms with E-state index >= 15 is 0 Å². The molecule has 148 valence electrons. The van der Waals surface area contributed by atoms with Gasteiger partial charge in [-0.1, -0.05) is 29.3 Å². The fourth-order valence-corrected chi connectivity index (χ4v) is 4.19. The molecule has 2 heterocycles. The predicted octanol–water partition coefficient (Wildman–Crippen LogP) is 3.99. The highest BCUT2D eigenvalue weighted by Crippen LogP contribution is 2.40. The Morgan fingerprint density at radius 2 is 2.03 bits per heavy atom. The lowest BCUT2D eigenvalue weighted by Gasteiger charge is -2.06. The molecule has 3 aromatic rings. The molecule has 3 rings (SSSR count). The Morgan fingerprint density at radius 1 is 1.24 bits per heavy atom. The second-order valence-electron chi connectivity index (χ2n) is 5.80. The van der Waals surface area contributed by atoms with Gasteiger partial charge in [-0.25, -0.2) is 9.98 Å². The van der Waals surface area contributed by atoms with Gasteiger partial charge < -0.3 is 16.8 Å². The number of benzene rings is 1. The second kappa shape index (κ2) is 9.15. The van der Waals surface area contributed by atoms with E-state index in [0.717, 1.165) is 27.9 Å². The zero-order chi connectivity index (χ0) is 21.0. The molecular weight excluding hydrogens is 431 g/mol. The number of carbonyl (C=O) groups is 1. The van der Waals surface area contributed by atoms with Gasteiger partial charge in [-0.2, -0.15) is 0 Å². The van der Waals surface area contributed by atoms with E-state index in [2.05, 4.69) is 15.3 Å². The highest BCUT2D eigenvalue weighted by atomic mass is 35.5. The Labute approximate surface area is 180 Å². The minimum atomic E-state index is -0.336. The summed E-state index contributed by atoms with van der Waals surface area (Å²) in [6, 6.07) is 10.7. The van der Waals surface area contributed by atoms with E-state index in [1.807, 2.05) is 12.1 Å². The van der Waals surface area contributed by atoms with Crippen LogP contribution in [0.15, 0.2) is 47.6 Å². The average molecular weight is 447 g/mol. The van der Waals surface area contributed by atoms with Crippen LogP contribution >= 0.6 is 34.5 Å². The molecule has 0 atom stereocenters. The van der Waals surface area contributed by atoms with Crippen molar-refractivity contribution in [3.05, 3.63) is 57.5 Å². The van der Waals surface area contributed by atoms with Crippen LogP contribution in [0.2, 0.25) is 10.0 Å². The molecule has 0 aliphatic heterocycles. The third-order valence-electron chi connectivity index (χ3n) is 3.89. The molecular formula is C19H16Cl2N6OS. The lowest BCUT2D eigenvalue weighted by atomic mass is 10.0. The number of aliphatic imine (C=N–C) groups is 1. The van der Waals surface area contributed by atoms with Crippen LogP contribution in [0.5, 0.6) is 0 Å². The number of pyridine rings is 1. The van der Waals surface area contributed by atoms with Gasteiger partial charge in [-0.3, -0.25) is 10.2 Å². The number of halogens is 2. The molecule has 1 amide bonds. The summed E-state index contributed by atoms with van der Waals surface area (Å²) < 4.78 is 0. The van der Waals surface area contributed by atoms with Gasteiger partial charge >= 0.3 is 0 Å². The van der Waals surface area contributed by atoms with Gasteiger partial charge in [-0.05, 0) is 35.9 Å². The lowest BCUT2D eigenvalue weighted by Crippen LogP contribution is -2.22. The summed E-state index contributed by atoms with van der Waals surface area (Å²) in [4.78, 5) is 21.1. The maximum Gasteiger partial charge on any atom is 0.239 e. The number of amidine groups is 1. The Morgan fingerprint density at radius 3 is 2.72 bits per heavy atom. The fourth-order valence-electron chi connectivity index (χ4n) is 2.61. The molecule has 2 aromatic heterocycles. The molecule has 0 radical (unpaired) electrons. The Balaban J connectivity index is 2.12. The number of nitrogens with zero attached hydrogens (tertiary/aromatic N) is 2. The van der Waals surface area contributed by atoms with Gasteiger partial charge in [-0.15, -0.1) is 11.3 Å². The number of nitrogens with one attached hydrogen (secondary N) is 2. The number of carbonyl (C=O) groups excluding carboxylic acids is 1. The zero-order valence-electron chi connectivity index (χ0n) is 14.9. The Kier molecular flexibility index (Phi) is 6.60. The largest absolute Gasteiger partial charge is 0.382 e. The summed E-state index contributed by atoms with van der Waals surface area (Å²) in [5, 5.41) is 10.8. The molecule has 0 bridgehead atoms. The Hall–Kier alpha value is -2.78. The average Bonchev–Trinajstić information content (AvgIpc) is 3.13. The van der Waals surface area contributed by atoms with Crippen LogP contribution < -0.4 is 16.8 Å². The van der Waals surface area contributed by atoms with E-state index < -0.39 is 0 Å². The van der Waals surface area contributed by atoms with E-state index in [4.69, 9.17) is 40.1 Å². The predicted molar refractivity (Wildman–Crippen MR) is 120 cm³/mol. The van der Waals surface area contributed by atoms with Crippen LogP contribution in [0, 0.1) is 5.41 Å². The third-order valence-corrected chi connectivity index (χ3v) is 5.64. The second-order valence-corrected chi connectivity index (χ2v) is 7.70. The van der Waals surface area contributed by atoms with Gasteiger partial charge in [0, 0.05) is 32.2 Å². The third kappa shape index (κ3) is 4.80. The monoisotopic (exact) mass is 446 g/mol. The van der Waals surface area contributed by atoms with Crippen molar-refractivity contribution >= 4 is 58.4 Å². The van der Waals surface area contributed by atoms with Crippen LogP contribution in [0.3, 0.4) is 0 Å². The molecule has 7 nitrogen and oxygen atoms in total. The van der Waals surface area contributed by atoms with Crippen LogP contribution in [0.4, 0.5) is 5.82 Å². The summed E-state index contributed by atoms with van der Waals surface area (Å²) in [5.74, 6) is 0.251. The molecule has 29 heavy (non-hydrogen) atoms. The summed E-state index contributed by atoms with van der Waals surface area (Å²) in [7, 11) is 0. The van der Waals surface area contributed by atoms with E-state index in [0.29, 0.717) is 20.7 Å². The topological polar surface area (TPSA) is 130 Å². The van der Waals surface area contributed by atoms with Crippen LogP contribution in [0.1, 0.15) is 4.88 Å². The molecule has 1 aromatic carbocycles. The van der Waals surface area contributed by atoms with Crippen molar-refractivity contribution in [3.63, 3.8) is 0 Å². The van der Waals surface area contributed by atoms with E-state index in [9.17, 15) is 4.79 Å². The standard InChI is InChI=1S/C19H16Cl2N6OS/c20-11-1-2-12(14(21)6-11)13-7-15(29-18(13)19(24)26-9-23)10-3-4-25-16(5-10)27-17(28)8-22/h1-7,9H,8,22H2,(H3,23,24,26)(H,25,27,28). The van der Waals surface area contributed by atoms with Crippen molar-refractivity contribution < 1.29 is 4.79 Å². The molecule has 6 N–H and O–H groups in total. The molecule has 0 saturated heterocycles. The van der Waals surface area contributed by atoms with Crippen molar-refractivity contribution in [3.8, 4) is 21.6 Å². The van der Waals surface area contributed by atoms with Gasteiger partial charge in [0.15, 0.2) is 0 Å². The number of amides is 1. The van der Waals surface area contributed by atoms with Crippen molar-refractivity contribution in [2.75, 3.05) is 11.9 Å². The zero-order valence-corrected chi connectivity index (χ0v) is 17.3. The summed E-state index contributed by atoms with van der Waals surface area (Å²) in [6.45, 7) is -0.134. The number of hydrogen-bond acceptors (Lipinski definition) is 5. The van der Waals surface area contributed by atoms with Gasteiger partial charge in [0.25, 0.3) is 0 Å². The number of anilines is 1. The smallest absolute Gasteiger partial charge is 0.239 e. The molecule has 0 saturated carbocycles. The number of thiophene rings is 1. The molecule has 0 fully saturated rings. The maximum absolute atomic E-state index is 11.5. The van der Waals surface area contributed by atoms with E-state index in [1.165, 1.54) is 11.3 Å². The van der Waals surface area contributed by atoms with Crippen molar-refractivity contribution in [1.82, 2.24) is 4.98 Å². The number of nitrogens with two attached hydrogens (primary N) is 2. The van der Waals surface area contributed by atoms with E-state index in [-0.39, 0.29) is 18.3 Å². The Bertz CT molecular complexity index is 1110. The van der Waals surface area contributed by atoms with Crippen molar-refractivity contribution in [2.45, 2.75) is 0 Å². The normalized spacial score (nSPS) is 11.3. The quantitative estimate of drug-likeness (QED) is 0.336. The molecule has 0 aliphatic rings.